The number of hydrogen-bond acceptors (Lipinski definition) is 2. The van der Waals surface area contributed by atoms with Crippen LogP contribution in [0.5, 0.6) is 0 Å². The lowest BCUT2D eigenvalue weighted by molar-refractivity contribution is -0.120. The van der Waals surface area contributed by atoms with Gasteiger partial charge in [-0.2, -0.15) is 0 Å². The second-order valence-electron chi connectivity index (χ2n) is 4.79. The zero-order valence-electron chi connectivity index (χ0n) is 12.1. The summed E-state index contributed by atoms with van der Waals surface area (Å²) >= 11 is 17.8. The fraction of sp³-hybridized carbons (Fsp3) is 0.125. The van der Waals surface area contributed by atoms with Crippen molar-refractivity contribution in [1.82, 2.24) is 0 Å². The lowest BCUT2D eigenvalue weighted by Crippen LogP contribution is -2.36. The molecule has 0 aliphatic rings. The number of nitrogens with zero attached hydrogens (tertiary/aromatic N) is 1. The van der Waals surface area contributed by atoms with E-state index in [1.54, 1.807) is 42.5 Å². The number of nitrogens with one attached hydrogen (secondary N) is 1. The summed E-state index contributed by atoms with van der Waals surface area (Å²) in [6.45, 7) is 1.19. The molecule has 2 rings (SSSR count). The SMILES string of the molecule is CC(=O)N(CC(=O)Nc1cccc(Cl)c1)c1cc(Cl)cc(Cl)c1. The Labute approximate surface area is 148 Å². The monoisotopic (exact) mass is 370 g/mol. The van der Waals surface area contributed by atoms with Crippen molar-refractivity contribution in [1.29, 1.82) is 0 Å². The summed E-state index contributed by atoms with van der Waals surface area (Å²) in [6.07, 6.45) is 0. The largest absolute Gasteiger partial charge is 0.324 e. The molecule has 0 unspecified atom stereocenters. The van der Waals surface area contributed by atoms with Gasteiger partial charge in [-0.15, -0.1) is 0 Å². The van der Waals surface area contributed by atoms with E-state index in [2.05, 4.69) is 5.32 Å². The van der Waals surface area contributed by atoms with Crippen LogP contribution in [0.1, 0.15) is 6.92 Å². The molecule has 120 valence electrons. The molecule has 0 saturated carbocycles. The normalized spacial score (nSPS) is 10.3. The third-order valence-corrected chi connectivity index (χ3v) is 3.62. The Balaban J connectivity index is 2.16. The Morgan fingerprint density at radius 2 is 1.65 bits per heavy atom. The average Bonchev–Trinajstić information content (AvgIpc) is 2.43. The minimum atomic E-state index is -0.362. The molecule has 2 aromatic rings. The number of amides is 2. The molecule has 0 spiro atoms. The van der Waals surface area contributed by atoms with Gasteiger partial charge < -0.3 is 10.2 Å². The van der Waals surface area contributed by atoms with E-state index in [4.69, 9.17) is 34.8 Å². The van der Waals surface area contributed by atoms with Crippen molar-refractivity contribution in [3.63, 3.8) is 0 Å². The van der Waals surface area contributed by atoms with Gasteiger partial charge >= 0.3 is 0 Å². The number of halogens is 3. The number of anilines is 2. The third kappa shape index (κ3) is 5.13. The van der Waals surface area contributed by atoms with Gasteiger partial charge in [-0.3, -0.25) is 9.59 Å². The predicted octanol–water partition coefficient (Wildman–Crippen LogP) is 4.64. The summed E-state index contributed by atoms with van der Waals surface area (Å²) in [6, 6.07) is 11.4. The van der Waals surface area contributed by atoms with Crippen LogP contribution in [0.25, 0.3) is 0 Å². The van der Waals surface area contributed by atoms with Gasteiger partial charge in [-0.25, -0.2) is 0 Å². The maximum Gasteiger partial charge on any atom is 0.244 e. The van der Waals surface area contributed by atoms with Gasteiger partial charge in [0.05, 0.1) is 0 Å². The topological polar surface area (TPSA) is 49.4 Å². The first-order valence-corrected chi connectivity index (χ1v) is 7.78. The maximum atomic E-state index is 12.2. The molecule has 0 aromatic heterocycles. The standard InChI is InChI=1S/C16H13Cl3N2O2/c1-10(22)21(15-7-12(18)5-13(19)8-15)9-16(23)20-14-4-2-3-11(17)6-14/h2-8H,9H2,1H3,(H,20,23). The molecule has 0 aliphatic carbocycles. The van der Waals surface area contributed by atoms with E-state index in [0.29, 0.717) is 26.4 Å². The van der Waals surface area contributed by atoms with Gasteiger partial charge in [-0.05, 0) is 36.4 Å². The Kier molecular flexibility index (Phi) is 5.88. The van der Waals surface area contributed by atoms with Crippen molar-refractivity contribution in [2.45, 2.75) is 6.92 Å². The number of benzene rings is 2. The van der Waals surface area contributed by atoms with Gasteiger partial charge in [0.2, 0.25) is 11.8 Å². The minimum Gasteiger partial charge on any atom is -0.324 e. The van der Waals surface area contributed by atoms with Crippen LogP contribution in [-0.2, 0) is 9.59 Å². The van der Waals surface area contributed by atoms with E-state index in [0.717, 1.165) is 0 Å². The summed E-state index contributed by atoms with van der Waals surface area (Å²) in [4.78, 5) is 25.3. The second-order valence-corrected chi connectivity index (χ2v) is 6.10. The van der Waals surface area contributed by atoms with Crippen LogP contribution >= 0.6 is 34.8 Å². The quantitative estimate of drug-likeness (QED) is 0.851. The first kappa shape index (κ1) is 17.6. The van der Waals surface area contributed by atoms with Crippen LogP contribution in [0.2, 0.25) is 15.1 Å². The molecule has 2 amide bonds. The molecule has 0 fully saturated rings. The lowest BCUT2D eigenvalue weighted by Gasteiger charge is -2.21. The smallest absolute Gasteiger partial charge is 0.244 e. The molecule has 4 nitrogen and oxygen atoms in total. The number of carbonyl (C=O) groups excluding carboxylic acids is 2. The van der Waals surface area contributed by atoms with Gasteiger partial charge in [-0.1, -0.05) is 40.9 Å². The van der Waals surface area contributed by atoms with E-state index < -0.39 is 0 Å². The molecule has 0 bridgehead atoms. The van der Waals surface area contributed by atoms with Crippen LogP contribution < -0.4 is 10.2 Å². The van der Waals surface area contributed by atoms with E-state index in [9.17, 15) is 9.59 Å². The summed E-state index contributed by atoms with van der Waals surface area (Å²) in [5, 5.41) is 3.96. The summed E-state index contributed by atoms with van der Waals surface area (Å²) < 4.78 is 0. The van der Waals surface area contributed by atoms with Crippen LogP contribution in [-0.4, -0.2) is 18.4 Å². The van der Waals surface area contributed by atoms with Gasteiger partial charge in [0.25, 0.3) is 0 Å². The molecule has 23 heavy (non-hydrogen) atoms. The first-order chi connectivity index (χ1) is 10.8. The van der Waals surface area contributed by atoms with Crippen molar-refractivity contribution in [2.24, 2.45) is 0 Å². The van der Waals surface area contributed by atoms with E-state index in [1.807, 2.05) is 0 Å². The lowest BCUT2D eigenvalue weighted by atomic mass is 10.2. The fourth-order valence-corrected chi connectivity index (χ4v) is 2.69. The number of rotatable bonds is 4. The van der Waals surface area contributed by atoms with E-state index in [1.165, 1.54) is 11.8 Å². The van der Waals surface area contributed by atoms with Gasteiger partial charge in [0.15, 0.2) is 0 Å². The summed E-state index contributed by atoms with van der Waals surface area (Å²) in [5.41, 5.74) is 1.01. The van der Waals surface area contributed by atoms with Crippen molar-refractivity contribution in [2.75, 3.05) is 16.8 Å². The highest BCUT2D eigenvalue weighted by atomic mass is 35.5. The van der Waals surface area contributed by atoms with Gasteiger partial charge in [0, 0.05) is 33.4 Å². The number of hydrogen-bond donors (Lipinski definition) is 1. The highest BCUT2D eigenvalue weighted by Crippen LogP contribution is 2.25. The zero-order chi connectivity index (χ0) is 17.0. The Hall–Kier alpha value is -1.75. The van der Waals surface area contributed by atoms with Gasteiger partial charge in [0.1, 0.15) is 6.54 Å². The summed E-state index contributed by atoms with van der Waals surface area (Å²) in [5.74, 6) is -0.664. The fourth-order valence-electron chi connectivity index (χ4n) is 1.99. The molecule has 0 heterocycles. The first-order valence-electron chi connectivity index (χ1n) is 6.65. The molecule has 7 heteroatoms. The highest BCUT2D eigenvalue weighted by Gasteiger charge is 2.17. The molecular weight excluding hydrogens is 359 g/mol. The Morgan fingerprint density at radius 3 is 2.22 bits per heavy atom. The van der Waals surface area contributed by atoms with Crippen molar-refractivity contribution in [3.8, 4) is 0 Å². The highest BCUT2D eigenvalue weighted by molar-refractivity contribution is 6.35. The van der Waals surface area contributed by atoms with Crippen LogP contribution in [0.4, 0.5) is 11.4 Å². The Bertz CT molecular complexity index is 730. The Morgan fingerprint density at radius 1 is 1.00 bits per heavy atom. The zero-order valence-corrected chi connectivity index (χ0v) is 14.4. The second kappa shape index (κ2) is 7.68. The van der Waals surface area contributed by atoms with Crippen LogP contribution in [0.3, 0.4) is 0 Å². The number of carbonyl (C=O) groups is 2. The average molecular weight is 372 g/mol. The van der Waals surface area contributed by atoms with Crippen molar-refractivity contribution >= 4 is 58.0 Å². The molecule has 0 aliphatic heterocycles. The third-order valence-electron chi connectivity index (χ3n) is 2.95. The molecule has 0 saturated heterocycles. The van der Waals surface area contributed by atoms with Crippen molar-refractivity contribution < 1.29 is 9.59 Å². The van der Waals surface area contributed by atoms with Crippen molar-refractivity contribution in [3.05, 3.63) is 57.5 Å². The van der Waals surface area contributed by atoms with Crippen LogP contribution in [0.15, 0.2) is 42.5 Å². The molecular formula is C16H13Cl3N2O2. The van der Waals surface area contributed by atoms with E-state index in [-0.39, 0.29) is 18.4 Å². The summed E-state index contributed by atoms with van der Waals surface area (Å²) in [7, 11) is 0. The molecule has 1 N–H and O–H groups in total. The molecule has 0 atom stereocenters. The van der Waals surface area contributed by atoms with E-state index >= 15 is 0 Å². The molecule has 0 radical (unpaired) electrons. The minimum absolute atomic E-state index is 0.168. The van der Waals surface area contributed by atoms with Crippen LogP contribution in [0, 0.1) is 0 Å². The predicted molar refractivity (Wildman–Crippen MR) is 94.6 cm³/mol. The maximum absolute atomic E-state index is 12.2. The molecule has 2 aromatic carbocycles.